The van der Waals surface area contributed by atoms with E-state index in [0.29, 0.717) is 0 Å². The molecule has 5 heteroatoms. The Morgan fingerprint density at radius 2 is 1.78 bits per heavy atom. The van der Waals surface area contributed by atoms with Crippen LogP contribution in [0.2, 0.25) is 0 Å². The van der Waals surface area contributed by atoms with Gasteiger partial charge in [0.05, 0.1) is 6.10 Å². The van der Waals surface area contributed by atoms with Crippen LogP contribution in [0.1, 0.15) is 32.5 Å². The molecule has 1 saturated heterocycles. The second kappa shape index (κ2) is 6.86. The first kappa shape index (κ1) is 15.6. The van der Waals surface area contributed by atoms with Crippen LogP contribution in [0.4, 0.5) is 17.3 Å². The first-order valence-electron chi connectivity index (χ1n) is 8.24. The van der Waals surface area contributed by atoms with Crippen LogP contribution in [-0.4, -0.2) is 29.2 Å². The highest BCUT2D eigenvalue weighted by Crippen LogP contribution is 2.24. The molecule has 0 bridgehead atoms. The zero-order valence-corrected chi connectivity index (χ0v) is 14.0. The van der Waals surface area contributed by atoms with E-state index in [1.807, 2.05) is 51.1 Å². The van der Waals surface area contributed by atoms with E-state index in [1.165, 1.54) is 12.8 Å². The molecule has 2 aromatic rings. The zero-order valence-electron chi connectivity index (χ0n) is 14.0. The Kier molecular flexibility index (Phi) is 4.65. The van der Waals surface area contributed by atoms with Crippen molar-refractivity contribution in [3.05, 3.63) is 36.2 Å². The van der Waals surface area contributed by atoms with Crippen molar-refractivity contribution >= 4 is 17.3 Å². The highest BCUT2D eigenvalue weighted by atomic mass is 16.5. The molecule has 0 spiro atoms. The predicted molar refractivity (Wildman–Crippen MR) is 93.7 cm³/mol. The van der Waals surface area contributed by atoms with Crippen molar-refractivity contribution in [3.8, 4) is 5.75 Å². The van der Waals surface area contributed by atoms with Gasteiger partial charge in [-0.3, -0.25) is 0 Å². The van der Waals surface area contributed by atoms with Crippen LogP contribution in [0.3, 0.4) is 0 Å². The van der Waals surface area contributed by atoms with Crippen molar-refractivity contribution in [2.45, 2.75) is 39.7 Å². The number of ether oxygens (including phenoxy) is 1. The number of aryl methyl sites for hydroxylation is 1. The lowest BCUT2D eigenvalue weighted by Crippen LogP contribution is -2.19. The first-order chi connectivity index (χ1) is 11.1. The van der Waals surface area contributed by atoms with Crippen molar-refractivity contribution in [2.24, 2.45) is 0 Å². The Bertz CT molecular complexity index is 649. The summed E-state index contributed by atoms with van der Waals surface area (Å²) in [6.07, 6.45) is 2.66. The summed E-state index contributed by atoms with van der Waals surface area (Å²) in [6, 6.07) is 9.97. The van der Waals surface area contributed by atoms with E-state index < -0.39 is 0 Å². The standard InChI is InChI=1S/C18H24N4O/c1-13(2)23-16-8-6-15(7-9-16)21-17-12-18(20-14(3)19-17)22-10-4-5-11-22/h6-9,12-13H,4-5,10-11H2,1-3H3,(H,19,20,21). The minimum absolute atomic E-state index is 0.182. The summed E-state index contributed by atoms with van der Waals surface area (Å²) in [7, 11) is 0. The fourth-order valence-corrected chi connectivity index (χ4v) is 2.76. The van der Waals surface area contributed by atoms with Gasteiger partial charge in [0.25, 0.3) is 0 Å². The lowest BCUT2D eigenvalue weighted by atomic mass is 10.3. The minimum Gasteiger partial charge on any atom is -0.491 e. The van der Waals surface area contributed by atoms with Gasteiger partial charge in [-0.1, -0.05) is 0 Å². The maximum Gasteiger partial charge on any atom is 0.136 e. The smallest absolute Gasteiger partial charge is 0.136 e. The number of rotatable bonds is 5. The molecule has 0 unspecified atom stereocenters. The van der Waals surface area contributed by atoms with Crippen LogP contribution in [0.25, 0.3) is 0 Å². The molecule has 122 valence electrons. The number of aromatic nitrogens is 2. The molecule has 1 aromatic carbocycles. The van der Waals surface area contributed by atoms with Crippen molar-refractivity contribution in [3.63, 3.8) is 0 Å². The molecule has 1 aliphatic heterocycles. The third-order valence-corrected chi connectivity index (χ3v) is 3.75. The molecule has 23 heavy (non-hydrogen) atoms. The largest absolute Gasteiger partial charge is 0.491 e. The van der Waals surface area contributed by atoms with Crippen LogP contribution in [0.5, 0.6) is 5.75 Å². The molecule has 0 aliphatic carbocycles. The maximum absolute atomic E-state index is 5.67. The summed E-state index contributed by atoms with van der Waals surface area (Å²) in [5.74, 6) is 3.51. The average Bonchev–Trinajstić information content (AvgIpc) is 3.02. The molecule has 0 atom stereocenters. The molecule has 0 radical (unpaired) electrons. The highest BCUT2D eigenvalue weighted by Gasteiger charge is 2.15. The van der Waals surface area contributed by atoms with Gasteiger partial charge in [0.15, 0.2) is 0 Å². The van der Waals surface area contributed by atoms with E-state index >= 15 is 0 Å². The van der Waals surface area contributed by atoms with E-state index in [1.54, 1.807) is 0 Å². The molecule has 1 aliphatic rings. The predicted octanol–water partition coefficient (Wildman–Crippen LogP) is 3.92. The van der Waals surface area contributed by atoms with Crippen molar-refractivity contribution in [1.82, 2.24) is 9.97 Å². The Labute approximate surface area is 137 Å². The second-order valence-electron chi connectivity index (χ2n) is 6.17. The van der Waals surface area contributed by atoms with E-state index in [-0.39, 0.29) is 6.10 Å². The quantitative estimate of drug-likeness (QED) is 0.907. The normalized spacial score (nSPS) is 14.3. The molecule has 1 aromatic heterocycles. The van der Waals surface area contributed by atoms with E-state index in [4.69, 9.17) is 4.74 Å². The van der Waals surface area contributed by atoms with Crippen LogP contribution < -0.4 is 15.0 Å². The van der Waals surface area contributed by atoms with E-state index in [9.17, 15) is 0 Å². The summed E-state index contributed by atoms with van der Waals surface area (Å²) in [5.41, 5.74) is 0.992. The van der Waals surface area contributed by atoms with Gasteiger partial charge < -0.3 is 15.0 Å². The Hall–Kier alpha value is -2.30. The summed E-state index contributed by atoms with van der Waals surface area (Å²) < 4.78 is 5.67. The summed E-state index contributed by atoms with van der Waals surface area (Å²) in [5, 5.41) is 3.36. The summed E-state index contributed by atoms with van der Waals surface area (Å²) in [4.78, 5) is 11.4. The number of nitrogens with one attached hydrogen (secondary N) is 1. The number of anilines is 3. The van der Waals surface area contributed by atoms with Gasteiger partial charge in [0.2, 0.25) is 0 Å². The second-order valence-corrected chi connectivity index (χ2v) is 6.17. The summed E-state index contributed by atoms with van der Waals surface area (Å²) in [6.45, 7) is 8.14. The van der Waals surface area contributed by atoms with Crippen LogP contribution >= 0.6 is 0 Å². The molecule has 1 fully saturated rings. The zero-order chi connectivity index (χ0) is 16.2. The topological polar surface area (TPSA) is 50.3 Å². The van der Waals surface area contributed by atoms with Gasteiger partial charge >= 0.3 is 0 Å². The Balaban J connectivity index is 1.74. The minimum atomic E-state index is 0.182. The summed E-state index contributed by atoms with van der Waals surface area (Å²) >= 11 is 0. The highest BCUT2D eigenvalue weighted by molar-refractivity contribution is 5.60. The molecule has 0 amide bonds. The number of nitrogens with zero attached hydrogens (tertiary/aromatic N) is 3. The van der Waals surface area contributed by atoms with Gasteiger partial charge in [-0.25, -0.2) is 9.97 Å². The molecular weight excluding hydrogens is 288 g/mol. The van der Waals surface area contributed by atoms with E-state index in [0.717, 1.165) is 42.0 Å². The van der Waals surface area contributed by atoms with Gasteiger partial charge in [0.1, 0.15) is 23.2 Å². The first-order valence-corrected chi connectivity index (χ1v) is 8.24. The monoisotopic (exact) mass is 312 g/mol. The van der Waals surface area contributed by atoms with Crippen LogP contribution in [-0.2, 0) is 0 Å². The van der Waals surface area contributed by atoms with Crippen molar-refractivity contribution < 1.29 is 4.74 Å². The van der Waals surface area contributed by atoms with Gasteiger partial charge in [-0.2, -0.15) is 0 Å². The molecule has 5 nitrogen and oxygen atoms in total. The maximum atomic E-state index is 5.67. The molecule has 3 rings (SSSR count). The molecule has 2 heterocycles. The molecular formula is C18H24N4O. The lowest BCUT2D eigenvalue weighted by Gasteiger charge is -2.18. The number of hydrogen-bond acceptors (Lipinski definition) is 5. The Morgan fingerprint density at radius 1 is 1.09 bits per heavy atom. The SMILES string of the molecule is Cc1nc(Nc2ccc(OC(C)C)cc2)cc(N2CCCC2)n1. The van der Waals surface area contributed by atoms with Gasteiger partial charge in [0, 0.05) is 24.8 Å². The third kappa shape index (κ3) is 4.12. The number of hydrogen-bond donors (Lipinski definition) is 1. The van der Waals surface area contributed by atoms with Crippen LogP contribution in [0.15, 0.2) is 30.3 Å². The van der Waals surface area contributed by atoms with Gasteiger partial charge in [-0.15, -0.1) is 0 Å². The van der Waals surface area contributed by atoms with Crippen molar-refractivity contribution in [2.75, 3.05) is 23.3 Å². The van der Waals surface area contributed by atoms with Crippen molar-refractivity contribution in [1.29, 1.82) is 0 Å². The fourth-order valence-electron chi connectivity index (χ4n) is 2.76. The average molecular weight is 312 g/mol. The van der Waals surface area contributed by atoms with Gasteiger partial charge in [-0.05, 0) is 57.9 Å². The third-order valence-electron chi connectivity index (χ3n) is 3.75. The molecule has 0 saturated carbocycles. The molecule has 1 N–H and O–H groups in total. The fraction of sp³-hybridized carbons (Fsp3) is 0.444. The Morgan fingerprint density at radius 3 is 2.43 bits per heavy atom. The number of benzene rings is 1. The van der Waals surface area contributed by atoms with Crippen LogP contribution in [0, 0.1) is 6.92 Å². The lowest BCUT2D eigenvalue weighted by molar-refractivity contribution is 0.242. The van der Waals surface area contributed by atoms with E-state index in [2.05, 4.69) is 20.2 Å².